The summed E-state index contributed by atoms with van der Waals surface area (Å²) in [5.74, 6) is -1.92. The van der Waals surface area contributed by atoms with Crippen LogP contribution in [0.5, 0.6) is 0 Å². The van der Waals surface area contributed by atoms with Crippen LogP contribution in [0.3, 0.4) is 0 Å². The first-order valence-corrected chi connectivity index (χ1v) is 13.2. The van der Waals surface area contributed by atoms with Crippen molar-refractivity contribution in [3.63, 3.8) is 0 Å². The van der Waals surface area contributed by atoms with Crippen LogP contribution in [0, 0.1) is 12.8 Å². The Balaban J connectivity index is 1.60. The zero-order chi connectivity index (χ0) is 25.7. The summed E-state index contributed by atoms with van der Waals surface area (Å²) in [5.41, 5.74) is 1.44. The van der Waals surface area contributed by atoms with Crippen LogP contribution in [-0.2, 0) is 20.5 Å². The highest BCUT2D eigenvalue weighted by Gasteiger charge is 2.78. The molecule has 2 saturated heterocycles. The molecular weight excluding hydrogens is 509 g/mol. The molecule has 3 aromatic carbocycles. The molecule has 0 aliphatic carbocycles. The number of para-hydroxylation sites is 1. The number of Topliss-reactive ketones (excluding diaryl/α,β-unsaturated/α-hetero) is 1. The number of halogens is 2. The van der Waals surface area contributed by atoms with E-state index in [1.807, 2.05) is 49.4 Å². The molecular formula is C29H23Cl2N3O3. The summed E-state index contributed by atoms with van der Waals surface area (Å²) in [6.07, 6.45) is 1.51. The maximum absolute atomic E-state index is 14.8. The lowest BCUT2D eigenvalue weighted by Gasteiger charge is -2.38. The number of benzene rings is 3. The Morgan fingerprint density at radius 1 is 0.946 bits per heavy atom. The van der Waals surface area contributed by atoms with E-state index in [1.54, 1.807) is 12.1 Å². The summed E-state index contributed by atoms with van der Waals surface area (Å²) in [7, 11) is 0. The smallest absolute Gasteiger partial charge is 0.250 e. The van der Waals surface area contributed by atoms with Gasteiger partial charge in [0.15, 0.2) is 5.78 Å². The molecule has 2 amide bonds. The van der Waals surface area contributed by atoms with Crippen molar-refractivity contribution in [2.24, 2.45) is 5.92 Å². The molecule has 8 heteroatoms. The SMILES string of the molecule is Cc1ccc2c(c1)[C@]1(C(=O)N2)[C@H](C(=O)c2ccc(Cl)cc2Cl)[C@@]2(C(=O)Nc3ccccc32)[C@@H]2CCCN21. The van der Waals surface area contributed by atoms with Gasteiger partial charge in [-0.1, -0.05) is 59.1 Å². The lowest BCUT2D eigenvalue weighted by Crippen LogP contribution is -2.55. The second-order valence-corrected chi connectivity index (χ2v) is 11.3. The fourth-order valence-electron chi connectivity index (χ4n) is 7.50. The molecule has 0 radical (unpaired) electrons. The Bertz CT molecular complexity index is 1560. The molecule has 0 bridgehead atoms. The minimum absolute atomic E-state index is 0.199. The van der Waals surface area contributed by atoms with Gasteiger partial charge in [-0.05, 0) is 62.2 Å². The van der Waals surface area contributed by atoms with Crippen LogP contribution in [0.4, 0.5) is 11.4 Å². The summed E-state index contributed by atoms with van der Waals surface area (Å²) in [6, 6.07) is 17.7. The van der Waals surface area contributed by atoms with E-state index >= 15 is 0 Å². The highest BCUT2D eigenvalue weighted by atomic mass is 35.5. The van der Waals surface area contributed by atoms with Crippen molar-refractivity contribution in [1.82, 2.24) is 4.90 Å². The number of anilines is 2. The number of amides is 2. The van der Waals surface area contributed by atoms with Crippen LogP contribution in [0.25, 0.3) is 0 Å². The van der Waals surface area contributed by atoms with E-state index in [0.717, 1.165) is 23.1 Å². The average Bonchev–Trinajstić information content (AvgIpc) is 3.58. The lowest BCUT2D eigenvalue weighted by atomic mass is 9.60. The van der Waals surface area contributed by atoms with E-state index in [1.165, 1.54) is 6.07 Å². The number of aryl methyl sites for hydroxylation is 1. The van der Waals surface area contributed by atoms with Gasteiger partial charge in [-0.25, -0.2) is 0 Å². The van der Waals surface area contributed by atoms with Crippen LogP contribution in [0.15, 0.2) is 60.7 Å². The molecule has 2 fully saturated rings. The van der Waals surface area contributed by atoms with Crippen LogP contribution in [0.1, 0.15) is 39.9 Å². The molecule has 0 unspecified atom stereocenters. The minimum atomic E-state index is -1.36. The van der Waals surface area contributed by atoms with Gasteiger partial charge in [0, 0.05) is 33.6 Å². The molecule has 4 atom stereocenters. The highest BCUT2D eigenvalue weighted by molar-refractivity contribution is 6.37. The van der Waals surface area contributed by atoms with Crippen molar-refractivity contribution in [3.05, 3.63) is 93.0 Å². The van der Waals surface area contributed by atoms with E-state index in [4.69, 9.17) is 23.2 Å². The number of fused-ring (bicyclic) bond motifs is 7. The number of rotatable bonds is 2. The molecule has 4 heterocycles. The van der Waals surface area contributed by atoms with Gasteiger partial charge in [-0.3, -0.25) is 19.3 Å². The third-order valence-corrected chi connectivity index (χ3v) is 9.29. The van der Waals surface area contributed by atoms with E-state index in [9.17, 15) is 14.4 Å². The molecule has 3 aromatic rings. The average molecular weight is 532 g/mol. The van der Waals surface area contributed by atoms with Crippen molar-refractivity contribution < 1.29 is 14.4 Å². The van der Waals surface area contributed by atoms with Crippen molar-refractivity contribution in [2.45, 2.75) is 36.8 Å². The molecule has 0 aromatic heterocycles. The first kappa shape index (κ1) is 23.0. The maximum Gasteiger partial charge on any atom is 0.250 e. The number of hydrogen-bond donors (Lipinski definition) is 2. The molecule has 186 valence electrons. The van der Waals surface area contributed by atoms with Crippen LogP contribution >= 0.6 is 23.2 Å². The van der Waals surface area contributed by atoms with Gasteiger partial charge in [-0.2, -0.15) is 0 Å². The monoisotopic (exact) mass is 531 g/mol. The Hall–Kier alpha value is -3.19. The molecule has 0 saturated carbocycles. The van der Waals surface area contributed by atoms with Crippen LogP contribution in [0.2, 0.25) is 10.0 Å². The summed E-state index contributed by atoms with van der Waals surface area (Å²) < 4.78 is 0. The topological polar surface area (TPSA) is 78.5 Å². The first-order valence-electron chi connectivity index (χ1n) is 12.4. The number of nitrogens with zero attached hydrogens (tertiary/aromatic N) is 1. The summed E-state index contributed by atoms with van der Waals surface area (Å²) in [4.78, 5) is 45.4. The van der Waals surface area contributed by atoms with Crippen molar-refractivity contribution in [1.29, 1.82) is 0 Å². The molecule has 4 aliphatic rings. The normalized spacial score (nSPS) is 29.4. The standard InChI is InChI=1S/C29H23Cl2N3O3/c1-15-8-11-22-19(13-15)29(27(37)33-22)25(24(35)17-10-9-16(30)14-20(17)31)28(23-7-4-12-34(23)29)18-5-2-3-6-21(18)32-26(28)36/h2-3,5-6,8-11,13-14,23,25H,4,7,12H2,1H3,(H,32,36)(H,33,37)/t23-,25+,28-,29+/m0/s1. The van der Waals surface area contributed by atoms with E-state index in [2.05, 4.69) is 15.5 Å². The molecule has 2 spiro atoms. The van der Waals surface area contributed by atoms with E-state index in [0.29, 0.717) is 29.4 Å². The third-order valence-electron chi connectivity index (χ3n) is 8.74. The number of carbonyl (C=O) groups is 3. The van der Waals surface area contributed by atoms with Gasteiger partial charge in [0.05, 0.1) is 10.9 Å². The Morgan fingerprint density at radius 3 is 2.51 bits per heavy atom. The first-order chi connectivity index (χ1) is 17.8. The number of nitrogens with one attached hydrogen (secondary N) is 2. The Morgan fingerprint density at radius 2 is 1.70 bits per heavy atom. The summed E-state index contributed by atoms with van der Waals surface area (Å²) in [6.45, 7) is 2.56. The molecule has 37 heavy (non-hydrogen) atoms. The molecule has 2 N–H and O–H groups in total. The molecule has 6 nitrogen and oxygen atoms in total. The van der Waals surface area contributed by atoms with E-state index in [-0.39, 0.29) is 34.2 Å². The van der Waals surface area contributed by atoms with Crippen molar-refractivity contribution in [2.75, 3.05) is 17.2 Å². The summed E-state index contributed by atoms with van der Waals surface area (Å²) >= 11 is 12.8. The Kier molecular flexibility index (Phi) is 4.76. The van der Waals surface area contributed by atoms with Crippen LogP contribution < -0.4 is 10.6 Å². The fraction of sp³-hybridized carbons (Fsp3) is 0.276. The predicted molar refractivity (Wildman–Crippen MR) is 142 cm³/mol. The van der Waals surface area contributed by atoms with Gasteiger partial charge in [0.25, 0.3) is 0 Å². The maximum atomic E-state index is 14.8. The zero-order valence-electron chi connectivity index (χ0n) is 20.0. The van der Waals surface area contributed by atoms with Crippen molar-refractivity contribution >= 4 is 52.2 Å². The Labute approximate surface area is 223 Å². The molecule has 4 aliphatic heterocycles. The largest absolute Gasteiger partial charge is 0.325 e. The van der Waals surface area contributed by atoms with Crippen molar-refractivity contribution in [3.8, 4) is 0 Å². The van der Waals surface area contributed by atoms with Gasteiger partial charge < -0.3 is 10.6 Å². The fourth-order valence-corrected chi connectivity index (χ4v) is 8.01. The minimum Gasteiger partial charge on any atom is -0.325 e. The zero-order valence-corrected chi connectivity index (χ0v) is 21.5. The van der Waals surface area contributed by atoms with Gasteiger partial charge >= 0.3 is 0 Å². The highest BCUT2D eigenvalue weighted by Crippen LogP contribution is 2.66. The number of ketones is 1. The third kappa shape index (κ3) is 2.68. The molecule has 7 rings (SSSR count). The summed E-state index contributed by atoms with van der Waals surface area (Å²) in [5, 5.41) is 6.72. The van der Waals surface area contributed by atoms with E-state index < -0.39 is 16.9 Å². The second kappa shape index (κ2) is 7.67. The van der Waals surface area contributed by atoms with Gasteiger partial charge in [0.1, 0.15) is 11.0 Å². The van der Waals surface area contributed by atoms with Crippen LogP contribution in [-0.4, -0.2) is 35.1 Å². The number of carbonyl (C=O) groups excluding carboxylic acids is 3. The predicted octanol–water partition coefficient (Wildman–Crippen LogP) is 5.32. The lowest BCUT2D eigenvalue weighted by molar-refractivity contribution is -0.128. The second-order valence-electron chi connectivity index (χ2n) is 10.4. The van der Waals surface area contributed by atoms with Gasteiger partial charge in [-0.15, -0.1) is 0 Å². The number of hydrogen-bond acceptors (Lipinski definition) is 4. The van der Waals surface area contributed by atoms with Gasteiger partial charge in [0.2, 0.25) is 11.8 Å². The quantitative estimate of drug-likeness (QED) is 0.439.